The molecule has 0 radical (unpaired) electrons. The van der Waals surface area contributed by atoms with E-state index in [0.29, 0.717) is 51.8 Å². The van der Waals surface area contributed by atoms with E-state index in [4.69, 9.17) is 24.3 Å². The van der Waals surface area contributed by atoms with E-state index in [1.165, 1.54) is 23.4 Å². The summed E-state index contributed by atoms with van der Waals surface area (Å²) in [5.41, 5.74) is 4.81. The van der Waals surface area contributed by atoms with E-state index in [2.05, 4.69) is 50.4 Å². The lowest BCUT2D eigenvalue weighted by atomic mass is 9.87. The summed E-state index contributed by atoms with van der Waals surface area (Å²) < 4.78 is 34.2. The van der Waals surface area contributed by atoms with Crippen LogP contribution in [0.1, 0.15) is 88.1 Å². The fraction of sp³-hybridized carbons (Fsp3) is 0.395. The molecular formula is C38H43FN4O4S. The maximum absolute atomic E-state index is 14.3. The van der Waals surface area contributed by atoms with Crippen LogP contribution in [-0.4, -0.2) is 33.9 Å². The monoisotopic (exact) mass is 670 g/mol. The summed E-state index contributed by atoms with van der Waals surface area (Å²) in [4.78, 5) is 18.6. The minimum atomic E-state index is -0.638. The molecule has 3 aromatic carbocycles. The van der Waals surface area contributed by atoms with Crippen LogP contribution in [0.25, 0.3) is 0 Å². The van der Waals surface area contributed by atoms with Gasteiger partial charge in [-0.2, -0.15) is 4.98 Å². The molecule has 1 fully saturated rings. The van der Waals surface area contributed by atoms with Gasteiger partial charge in [-0.05, 0) is 78.5 Å². The van der Waals surface area contributed by atoms with E-state index in [0.717, 1.165) is 43.2 Å². The smallest absolute Gasteiger partial charge is 0.338 e. The molecule has 1 atom stereocenters. The van der Waals surface area contributed by atoms with Crippen LogP contribution in [0.5, 0.6) is 11.5 Å². The second kappa shape index (κ2) is 14.4. The molecule has 48 heavy (non-hydrogen) atoms. The Morgan fingerprint density at radius 2 is 1.77 bits per heavy atom. The van der Waals surface area contributed by atoms with Crippen molar-refractivity contribution < 1.29 is 23.4 Å². The number of nitrogens with one attached hydrogen (secondary N) is 1. The number of thioether (sulfide) groups is 1. The summed E-state index contributed by atoms with van der Waals surface area (Å²) in [7, 11) is 1.60. The number of hydrogen-bond acceptors (Lipinski definition) is 8. The number of benzene rings is 3. The Morgan fingerprint density at radius 1 is 1.02 bits per heavy atom. The predicted molar refractivity (Wildman–Crippen MR) is 186 cm³/mol. The van der Waals surface area contributed by atoms with Crippen molar-refractivity contribution in [3.05, 3.63) is 106 Å². The van der Waals surface area contributed by atoms with Crippen LogP contribution in [0.3, 0.4) is 0 Å². The van der Waals surface area contributed by atoms with Crippen LogP contribution in [-0.2, 0) is 27.3 Å². The van der Waals surface area contributed by atoms with Crippen LogP contribution in [0, 0.1) is 5.82 Å². The number of ether oxygens (including phenoxy) is 3. The van der Waals surface area contributed by atoms with E-state index in [1.807, 2.05) is 31.2 Å². The van der Waals surface area contributed by atoms with Crippen molar-refractivity contribution in [2.24, 2.45) is 0 Å². The largest absolute Gasteiger partial charge is 0.493 e. The number of esters is 1. The molecule has 2 heterocycles. The highest BCUT2D eigenvalue weighted by Gasteiger charge is 2.37. The predicted octanol–water partition coefficient (Wildman–Crippen LogP) is 8.76. The minimum absolute atomic E-state index is 0.0742. The first-order chi connectivity index (χ1) is 23.1. The molecule has 252 valence electrons. The van der Waals surface area contributed by atoms with E-state index in [-0.39, 0.29) is 23.3 Å². The zero-order chi connectivity index (χ0) is 33.8. The van der Waals surface area contributed by atoms with E-state index in [9.17, 15) is 9.18 Å². The summed E-state index contributed by atoms with van der Waals surface area (Å²) in [5, 5.41) is 8.55. The highest BCUT2D eigenvalue weighted by Crippen LogP contribution is 2.41. The van der Waals surface area contributed by atoms with Crippen molar-refractivity contribution in [2.45, 2.75) is 94.9 Å². The van der Waals surface area contributed by atoms with E-state index in [1.54, 1.807) is 23.9 Å². The molecule has 1 saturated carbocycles. The number of rotatable bonds is 10. The second-order valence-corrected chi connectivity index (χ2v) is 14.4. The average molecular weight is 671 g/mol. The number of nitrogens with zero attached hydrogens (tertiary/aromatic N) is 3. The number of carbonyl (C=O) groups is 1. The molecule has 0 amide bonds. The lowest BCUT2D eigenvalue weighted by molar-refractivity contribution is -0.146. The molecule has 0 bridgehead atoms. The first-order valence-electron chi connectivity index (χ1n) is 16.5. The first kappa shape index (κ1) is 33.6. The summed E-state index contributed by atoms with van der Waals surface area (Å²) in [6.07, 6.45) is 4.87. The van der Waals surface area contributed by atoms with Gasteiger partial charge in [0.05, 0.1) is 12.7 Å². The van der Waals surface area contributed by atoms with Crippen LogP contribution in [0.4, 0.5) is 10.3 Å². The van der Waals surface area contributed by atoms with Crippen LogP contribution < -0.4 is 14.8 Å². The van der Waals surface area contributed by atoms with E-state index >= 15 is 0 Å². The fourth-order valence-corrected chi connectivity index (χ4v) is 6.97. The lowest BCUT2D eigenvalue weighted by Gasteiger charge is -2.30. The van der Waals surface area contributed by atoms with Gasteiger partial charge in [-0.15, -0.1) is 5.10 Å². The molecule has 6 rings (SSSR count). The molecule has 1 aliphatic carbocycles. The Bertz CT molecular complexity index is 1790. The third kappa shape index (κ3) is 7.54. The van der Waals surface area contributed by atoms with Gasteiger partial charge in [0.1, 0.15) is 24.6 Å². The molecule has 1 N–H and O–H groups in total. The van der Waals surface area contributed by atoms with Gasteiger partial charge in [0.25, 0.3) is 0 Å². The molecule has 1 unspecified atom stereocenters. The summed E-state index contributed by atoms with van der Waals surface area (Å²) in [6, 6.07) is 20.2. The Labute approximate surface area is 286 Å². The molecule has 4 aromatic rings. The topological polar surface area (TPSA) is 87.5 Å². The standard InChI is InChI=1S/C38H43FN4O4S/c1-24-33(35(44)47-29-12-7-6-8-13-29)34(43-36(40-24)41-37(42-43)48-23-27-11-9-10-14-30(27)39)26-17-20-31(32(21-26)45-5)46-22-25-15-18-28(19-16-25)38(2,3)4/h9-11,14-21,29,34H,6-8,12-13,22-23H2,1-5H3,(H,40,41,42). The number of halogens is 1. The van der Waals surface area contributed by atoms with Crippen LogP contribution in [0.15, 0.2) is 83.2 Å². The van der Waals surface area contributed by atoms with Crippen molar-refractivity contribution in [3.63, 3.8) is 0 Å². The zero-order valence-electron chi connectivity index (χ0n) is 28.2. The van der Waals surface area contributed by atoms with Gasteiger partial charge in [-0.1, -0.05) is 87.5 Å². The lowest BCUT2D eigenvalue weighted by Crippen LogP contribution is -2.32. The highest BCUT2D eigenvalue weighted by molar-refractivity contribution is 7.98. The number of anilines is 1. The SMILES string of the molecule is COc1cc(C2C(C(=O)OC3CCCCC3)=C(C)Nc3nc(SCc4ccccc4F)nn32)ccc1OCc1ccc(C(C)(C)C)cc1. The van der Waals surface area contributed by atoms with Gasteiger partial charge in [0.15, 0.2) is 11.5 Å². The third-order valence-corrected chi connectivity index (χ3v) is 9.80. The fourth-order valence-electron chi connectivity index (χ4n) is 6.16. The van der Waals surface area contributed by atoms with Gasteiger partial charge in [0.2, 0.25) is 11.1 Å². The van der Waals surface area contributed by atoms with Crippen LogP contribution in [0.2, 0.25) is 0 Å². The molecule has 8 nitrogen and oxygen atoms in total. The first-order valence-corrected chi connectivity index (χ1v) is 17.5. The van der Waals surface area contributed by atoms with Crippen molar-refractivity contribution in [3.8, 4) is 11.5 Å². The Hall–Kier alpha value is -4.31. The normalized spacial score (nSPS) is 16.7. The van der Waals surface area contributed by atoms with Crippen molar-refractivity contribution in [1.82, 2.24) is 14.8 Å². The van der Waals surface area contributed by atoms with Gasteiger partial charge in [-0.25, -0.2) is 13.9 Å². The minimum Gasteiger partial charge on any atom is -0.493 e. The van der Waals surface area contributed by atoms with Crippen molar-refractivity contribution in [1.29, 1.82) is 0 Å². The third-order valence-electron chi connectivity index (χ3n) is 8.91. The van der Waals surface area contributed by atoms with Gasteiger partial charge in [-0.3, -0.25) is 0 Å². The van der Waals surface area contributed by atoms with Crippen molar-refractivity contribution in [2.75, 3.05) is 12.4 Å². The molecule has 10 heteroatoms. The number of aromatic nitrogens is 3. The number of allylic oxidation sites excluding steroid dienone is 1. The highest BCUT2D eigenvalue weighted by atomic mass is 32.2. The average Bonchev–Trinajstić information content (AvgIpc) is 3.48. The van der Waals surface area contributed by atoms with Gasteiger partial charge >= 0.3 is 5.97 Å². The van der Waals surface area contributed by atoms with Crippen molar-refractivity contribution >= 4 is 23.7 Å². The summed E-state index contributed by atoms with van der Waals surface area (Å²) in [5.74, 6) is 1.32. The molecule has 1 aromatic heterocycles. The molecule has 0 spiro atoms. The molecule has 2 aliphatic rings. The van der Waals surface area contributed by atoms with Gasteiger partial charge in [0, 0.05) is 11.4 Å². The maximum Gasteiger partial charge on any atom is 0.338 e. The number of methoxy groups -OCH3 is 1. The van der Waals surface area contributed by atoms with E-state index < -0.39 is 6.04 Å². The molecule has 0 saturated heterocycles. The number of carbonyl (C=O) groups excluding carboxylic acids is 1. The Balaban J connectivity index is 1.29. The second-order valence-electron chi connectivity index (χ2n) is 13.4. The molecule has 1 aliphatic heterocycles. The van der Waals surface area contributed by atoms with Gasteiger partial charge < -0.3 is 19.5 Å². The zero-order valence-corrected chi connectivity index (χ0v) is 29.0. The number of hydrogen-bond donors (Lipinski definition) is 1. The number of fused-ring (bicyclic) bond motifs is 1. The summed E-state index contributed by atoms with van der Waals surface area (Å²) in [6.45, 7) is 8.81. The van der Waals surface area contributed by atoms with Crippen LogP contribution >= 0.6 is 11.8 Å². The Kier molecular flexibility index (Phi) is 10.1. The molecular weight excluding hydrogens is 628 g/mol. The maximum atomic E-state index is 14.3. The summed E-state index contributed by atoms with van der Waals surface area (Å²) >= 11 is 1.33. The quantitative estimate of drug-likeness (QED) is 0.132. The Morgan fingerprint density at radius 3 is 2.48 bits per heavy atom.